The van der Waals surface area contributed by atoms with E-state index in [0.29, 0.717) is 36.7 Å². The molecular formula is C20H24FIN4O3. The summed E-state index contributed by atoms with van der Waals surface area (Å²) < 4.78 is 16.8. The minimum atomic E-state index is -0.414. The molecule has 1 fully saturated rings. The zero-order valence-corrected chi connectivity index (χ0v) is 18.5. The number of aldehydes is 1. The number of nitrogens with zero attached hydrogens (tertiary/aromatic N) is 3. The molecule has 1 saturated heterocycles. The van der Waals surface area contributed by atoms with Crippen LogP contribution in [0.15, 0.2) is 24.3 Å². The molecule has 1 amide bonds. The first-order chi connectivity index (χ1) is 13.8. The Morgan fingerprint density at radius 2 is 2.14 bits per heavy atom. The number of aliphatic hydroxyl groups is 1. The van der Waals surface area contributed by atoms with Crippen molar-refractivity contribution in [2.45, 2.75) is 12.5 Å². The number of aromatic nitrogens is 1. The molecule has 3 rings (SSSR count). The SMILES string of the molecule is CN(CCO)C1CN(C(=O)c2cc(CC=O)n(C)c2Nc2ccc(I)cc2F)C1. The third kappa shape index (κ3) is 4.62. The van der Waals surface area contributed by atoms with Gasteiger partial charge in [-0.25, -0.2) is 4.39 Å². The van der Waals surface area contributed by atoms with Gasteiger partial charge in [-0.3, -0.25) is 9.69 Å². The van der Waals surface area contributed by atoms with E-state index in [2.05, 4.69) is 5.32 Å². The molecule has 0 atom stereocenters. The number of halogens is 2. The van der Waals surface area contributed by atoms with E-state index in [4.69, 9.17) is 5.11 Å². The molecule has 0 bridgehead atoms. The highest BCUT2D eigenvalue weighted by atomic mass is 127. The molecule has 2 aromatic rings. The van der Waals surface area contributed by atoms with E-state index in [1.54, 1.807) is 34.7 Å². The van der Waals surface area contributed by atoms with Crippen molar-refractivity contribution < 1.29 is 19.1 Å². The van der Waals surface area contributed by atoms with E-state index in [1.807, 2.05) is 34.5 Å². The van der Waals surface area contributed by atoms with Crippen LogP contribution in [-0.2, 0) is 18.3 Å². The lowest BCUT2D eigenvalue weighted by Gasteiger charge is -2.43. The number of benzene rings is 1. The predicted molar refractivity (Wildman–Crippen MR) is 117 cm³/mol. The molecule has 1 aliphatic rings. The Kier molecular flexibility index (Phi) is 6.91. The van der Waals surface area contributed by atoms with E-state index >= 15 is 0 Å². The first-order valence-corrected chi connectivity index (χ1v) is 10.4. The fourth-order valence-electron chi connectivity index (χ4n) is 3.38. The lowest BCUT2D eigenvalue weighted by Crippen LogP contribution is -2.60. The molecule has 1 aliphatic heterocycles. The van der Waals surface area contributed by atoms with E-state index in [0.717, 1.165) is 9.86 Å². The van der Waals surface area contributed by atoms with Crippen molar-refractivity contribution in [3.05, 3.63) is 44.9 Å². The maximum atomic E-state index is 14.4. The number of amides is 1. The maximum absolute atomic E-state index is 14.4. The van der Waals surface area contributed by atoms with Crippen LogP contribution in [0, 0.1) is 9.39 Å². The van der Waals surface area contributed by atoms with Gasteiger partial charge in [-0.1, -0.05) is 0 Å². The second kappa shape index (κ2) is 9.23. The van der Waals surface area contributed by atoms with Crippen molar-refractivity contribution in [3.63, 3.8) is 0 Å². The molecule has 0 spiro atoms. The van der Waals surface area contributed by atoms with Gasteiger partial charge in [-0.15, -0.1) is 0 Å². The molecule has 2 heterocycles. The van der Waals surface area contributed by atoms with E-state index < -0.39 is 5.82 Å². The van der Waals surface area contributed by atoms with E-state index in [9.17, 15) is 14.0 Å². The predicted octanol–water partition coefficient (Wildman–Crippen LogP) is 2.00. The largest absolute Gasteiger partial charge is 0.395 e. The summed E-state index contributed by atoms with van der Waals surface area (Å²) in [6.45, 7) is 1.75. The Hall–Kier alpha value is -1.98. The molecule has 9 heteroatoms. The normalized spacial score (nSPS) is 14.2. The summed E-state index contributed by atoms with van der Waals surface area (Å²) in [5.41, 5.74) is 1.35. The summed E-state index contributed by atoms with van der Waals surface area (Å²) in [5.74, 6) is -0.123. The van der Waals surface area contributed by atoms with Crippen LogP contribution in [0.2, 0.25) is 0 Å². The van der Waals surface area contributed by atoms with Gasteiger partial charge in [0.15, 0.2) is 0 Å². The molecule has 0 unspecified atom stereocenters. The minimum absolute atomic E-state index is 0.0737. The zero-order chi connectivity index (χ0) is 21.1. The van der Waals surface area contributed by atoms with Crippen LogP contribution < -0.4 is 5.32 Å². The number of aliphatic hydroxyl groups excluding tert-OH is 1. The third-order valence-electron chi connectivity index (χ3n) is 5.26. The average molecular weight is 514 g/mol. The van der Waals surface area contributed by atoms with Gasteiger partial charge in [0.25, 0.3) is 5.91 Å². The summed E-state index contributed by atoms with van der Waals surface area (Å²) >= 11 is 2.03. The van der Waals surface area contributed by atoms with Gasteiger partial charge in [-0.2, -0.15) is 0 Å². The van der Waals surface area contributed by atoms with Crippen molar-refractivity contribution >= 4 is 46.3 Å². The van der Waals surface area contributed by atoms with Gasteiger partial charge in [0.1, 0.15) is 17.9 Å². The van der Waals surface area contributed by atoms with Crippen molar-refractivity contribution in [1.82, 2.24) is 14.4 Å². The quantitative estimate of drug-likeness (QED) is 0.417. The van der Waals surface area contributed by atoms with Gasteiger partial charge >= 0.3 is 0 Å². The van der Waals surface area contributed by atoms with Crippen molar-refractivity contribution in [3.8, 4) is 0 Å². The molecule has 29 heavy (non-hydrogen) atoms. The van der Waals surface area contributed by atoms with Crippen LogP contribution >= 0.6 is 22.6 Å². The number of hydrogen-bond donors (Lipinski definition) is 2. The molecular weight excluding hydrogens is 490 g/mol. The number of likely N-dealkylation sites (tertiary alicyclic amines) is 1. The van der Waals surface area contributed by atoms with Crippen LogP contribution in [0.3, 0.4) is 0 Å². The summed E-state index contributed by atoms with van der Waals surface area (Å²) in [7, 11) is 3.66. The third-order valence-corrected chi connectivity index (χ3v) is 5.94. The minimum Gasteiger partial charge on any atom is -0.395 e. The molecule has 2 N–H and O–H groups in total. The number of nitrogens with one attached hydrogen (secondary N) is 1. The Balaban J connectivity index is 1.85. The van der Waals surface area contributed by atoms with Crippen molar-refractivity contribution in [1.29, 1.82) is 0 Å². The average Bonchev–Trinajstić information content (AvgIpc) is 2.93. The number of carbonyl (C=O) groups is 2. The Labute approximate surface area is 182 Å². The standard InChI is InChI=1S/C20H24FIN4O3/c1-24(6-8-28)15-11-26(12-15)20(29)16-10-14(5-7-27)25(2)19(16)23-18-4-3-13(22)9-17(18)21/h3-4,7,9-10,15,23,28H,5-6,8,11-12H2,1-2H3. The first-order valence-electron chi connectivity index (χ1n) is 9.30. The lowest BCUT2D eigenvalue weighted by molar-refractivity contribution is -0.107. The number of anilines is 2. The fraction of sp³-hybridized carbons (Fsp3) is 0.400. The molecule has 0 radical (unpaired) electrons. The maximum Gasteiger partial charge on any atom is 0.257 e. The first kappa shape index (κ1) is 21.7. The van der Waals surface area contributed by atoms with E-state index in [-0.39, 0.29) is 30.7 Å². The zero-order valence-electron chi connectivity index (χ0n) is 16.4. The second-order valence-corrected chi connectivity index (χ2v) is 8.39. The van der Waals surface area contributed by atoms with Crippen LogP contribution in [-0.4, -0.2) is 71.0 Å². The Morgan fingerprint density at radius 1 is 1.41 bits per heavy atom. The number of likely N-dealkylation sites (N-methyl/N-ethyl adjacent to an activating group) is 1. The number of rotatable bonds is 8. The molecule has 7 nitrogen and oxygen atoms in total. The smallest absolute Gasteiger partial charge is 0.257 e. The van der Waals surface area contributed by atoms with Crippen LogP contribution in [0.4, 0.5) is 15.9 Å². The van der Waals surface area contributed by atoms with Gasteiger partial charge in [-0.05, 0) is 53.9 Å². The molecule has 1 aromatic heterocycles. The van der Waals surface area contributed by atoms with Crippen LogP contribution in [0.5, 0.6) is 0 Å². The fourth-order valence-corrected chi connectivity index (χ4v) is 3.83. The van der Waals surface area contributed by atoms with E-state index in [1.165, 1.54) is 6.07 Å². The molecule has 0 saturated carbocycles. The highest BCUT2D eigenvalue weighted by Crippen LogP contribution is 2.29. The van der Waals surface area contributed by atoms with Gasteiger partial charge < -0.3 is 24.7 Å². The molecule has 1 aromatic carbocycles. The van der Waals surface area contributed by atoms with Gasteiger partial charge in [0.2, 0.25) is 0 Å². The van der Waals surface area contributed by atoms with Crippen LogP contribution in [0.25, 0.3) is 0 Å². The van der Waals surface area contributed by atoms with Crippen molar-refractivity contribution in [2.75, 3.05) is 38.6 Å². The Bertz CT molecular complexity index is 911. The molecule has 156 valence electrons. The molecule has 0 aliphatic carbocycles. The highest BCUT2D eigenvalue weighted by Gasteiger charge is 2.35. The summed E-state index contributed by atoms with van der Waals surface area (Å²) in [5, 5.41) is 12.1. The monoisotopic (exact) mass is 514 g/mol. The van der Waals surface area contributed by atoms with Gasteiger partial charge in [0.05, 0.1) is 17.9 Å². The Morgan fingerprint density at radius 3 is 2.76 bits per heavy atom. The van der Waals surface area contributed by atoms with Crippen molar-refractivity contribution in [2.24, 2.45) is 7.05 Å². The summed E-state index contributed by atoms with van der Waals surface area (Å²) in [6, 6.07) is 6.71. The number of hydrogen-bond acceptors (Lipinski definition) is 5. The van der Waals surface area contributed by atoms with Gasteiger partial charge in [0, 0.05) is 48.4 Å². The lowest BCUT2D eigenvalue weighted by atomic mass is 10.1. The van der Waals surface area contributed by atoms with Crippen LogP contribution in [0.1, 0.15) is 16.1 Å². The second-order valence-electron chi connectivity index (χ2n) is 7.15. The topological polar surface area (TPSA) is 77.8 Å². The highest BCUT2D eigenvalue weighted by molar-refractivity contribution is 14.1. The number of carbonyl (C=O) groups excluding carboxylic acids is 2. The summed E-state index contributed by atoms with van der Waals surface area (Å²) in [6.07, 6.45) is 0.942. The summed E-state index contributed by atoms with van der Waals surface area (Å²) in [4.78, 5) is 27.9.